The van der Waals surface area contributed by atoms with Gasteiger partial charge < -0.3 is 14.8 Å². The van der Waals surface area contributed by atoms with Crippen LogP contribution in [0.2, 0.25) is 0 Å². The van der Waals surface area contributed by atoms with Gasteiger partial charge in [-0.05, 0) is 89.1 Å². The van der Waals surface area contributed by atoms with E-state index >= 15 is 0 Å². The van der Waals surface area contributed by atoms with Gasteiger partial charge in [-0.15, -0.1) is 23.1 Å². The molecule has 0 spiro atoms. The molecule has 10 nitrogen and oxygen atoms in total. The summed E-state index contributed by atoms with van der Waals surface area (Å²) in [5, 5.41) is 13.8. The van der Waals surface area contributed by atoms with E-state index in [0.717, 1.165) is 73.8 Å². The summed E-state index contributed by atoms with van der Waals surface area (Å²) in [6.45, 7) is 9.30. The molecule has 0 atom stereocenters. The Morgan fingerprint density at radius 1 is 0.902 bits per heavy atom. The van der Waals surface area contributed by atoms with E-state index in [4.69, 9.17) is 14.9 Å². The summed E-state index contributed by atoms with van der Waals surface area (Å²) in [7, 11) is -4.02. The molecule has 13 heteroatoms. The second-order valence-corrected chi connectivity index (χ2v) is 17.2. The molecule has 0 saturated heterocycles. The number of amides is 2. The third-order valence-corrected chi connectivity index (χ3v) is 12.2. The highest BCUT2D eigenvalue weighted by Gasteiger charge is 2.27. The van der Waals surface area contributed by atoms with Crippen LogP contribution in [0.4, 0.5) is 10.5 Å². The van der Waals surface area contributed by atoms with E-state index in [1.165, 1.54) is 23.9 Å². The Labute approximate surface area is 310 Å². The molecule has 0 aliphatic heterocycles. The molecule has 3 N–H and O–H groups in total. The van der Waals surface area contributed by atoms with Crippen LogP contribution in [-0.4, -0.2) is 50.7 Å². The molecule has 0 radical (unpaired) electrons. The standard InChI is InChI=1S/C38H51N3O7S3/c1-7-47-33(43)23-15-13-11-9-8-10-12-14-22-32(42)40-29-21-16-18-26(2)34(29)27-19-17-20-28(24-27)51(45,46)31-25-30(50-36(31)49-6)35(39)41-37(44)48-38(3,4)5/h16-21,24-25H,7-15,22-23H2,1-6H3,(H,40,42)(H2,39,41,44). The maximum absolute atomic E-state index is 14.0. The van der Waals surface area contributed by atoms with Crippen LogP contribution in [0.3, 0.4) is 0 Å². The average molecular weight is 758 g/mol. The predicted molar refractivity (Wildman–Crippen MR) is 206 cm³/mol. The molecule has 0 unspecified atom stereocenters. The van der Waals surface area contributed by atoms with Crippen LogP contribution in [0.25, 0.3) is 11.1 Å². The average Bonchev–Trinajstić information content (AvgIpc) is 3.51. The Morgan fingerprint density at radius 2 is 1.53 bits per heavy atom. The molecule has 2 amide bonds. The lowest BCUT2D eigenvalue weighted by Crippen LogP contribution is -2.36. The predicted octanol–water partition coefficient (Wildman–Crippen LogP) is 9.53. The van der Waals surface area contributed by atoms with Gasteiger partial charge in [0.2, 0.25) is 15.7 Å². The number of thioether (sulfide) groups is 1. The largest absolute Gasteiger partial charge is 0.466 e. The first-order chi connectivity index (χ1) is 24.2. The number of anilines is 1. The zero-order valence-electron chi connectivity index (χ0n) is 30.5. The number of aryl methyl sites for hydroxylation is 1. The number of rotatable bonds is 18. The van der Waals surface area contributed by atoms with Gasteiger partial charge in [0, 0.05) is 24.1 Å². The molecule has 2 aromatic carbocycles. The van der Waals surface area contributed by atoms with Crippen molar-refractivity contribution in [2.24, 2.45) is 0 Å². The monoisotopic (exact) mass is 757 g/mol. The summed E-state index contributed by atoms with van der Waals surface area (Å²) in [5.74, 6) is -0.471. The molecule has 1 heterocycles. The Kier molecular flexibility index (Phi) is 16.2. The molecule has 0 fully saturated rings. The summed E-state index contributed by atoms with van der Waals surface area (Å²) in [5.41, 5.74) is 2.13. The van der Waals surface area contributed by atoms with E-state index in [1.807, 2.05) is 38.1 Å². The molecule has 0 aliphatic carbocycles. The lowest BCUT2D eigenvalue weighted by molar-refractivity contribution is -0.143. The first kappa shape index (κ1) is 41.7. The number of hydrogen-bond donors (Lipinski definition) is 3. The van der Waals surface area contributed by atoms with Crippen molar-refractivity contribution in [1.29, 1.82) is 5.41 Å². The van der Waals surface area contributed by atoms with E-state index < -0.39 is 21.5 Å². The molecular weight excluding hydrogens is 707 g/mol. The Morgan fingerprint density at radius 3 is 2.16 bits per heavy atom. The minimum atomic E-state index is -4.02. The van der Waals surface area contributed by atoms with Crippen LogP contribution in [-0.2, 0) is 28.9 Å². The van der Waals surface area contributed by atoms with E-state index in [1.54, 1.807) is 39.2 Å². The van der Waals surface area contributed by atoms with Gasteiger partial charge in [-0.2, -0.15) is 0 Å². The SMILES string of the molecule is CCOC(=O)CCCCCCCCCCC(=O)Nc1cccc(C)c1-c1cccc(S(=O)(=O)c2cc(C(=N)NC(=O)OC(C)(C)C)sc2SC)c1. The molecule has 51 heavy (non-hydrogen) atoms. The zero-order chi connectivity index (χ0) is 37.6. The van der Waals surface area contributed by atoms with Crippen molar-refractivity contribution in [3.63, 3.8) is 0 Å². The Balaban J connectivity index is 1.65. The van der Waals surface area contributed by atoms with E-state index in [9.17, 15) is 22.8 Å². The fourth-order valence-electron chi connectivity index (χ4n) is 5.44. The number of nitrogens with one attached hydrogen (secondary N) is 3. The van der Waals surface area contributed by atoms with Crippen LogP contribution < -0.4 is 10.6 Å². The maximum Gasteiger partial charge on any atom is 0.413 e. The maximum atomic E-state index is 14.0. The van der Waals surface area contributed by atoms with E-state index in [2.05, 4.69) is 10.6 Å². The zero-order valence-corrected chi connectivity index (χ0v) is 32.9. The Hall–Kier alpha value is -3.68. The molecule has 0 aliphatic rings. The lowest BCUT2D eigenvalue weighted by atomic mass is 9.98. The fourth-order valence-corrected chi connectivity index (χ4v) is 9.39. The number of sulfone groups is 1. The van der Waals surface area contributed by atoms with Crippen LogP contribution in [0, 0.1) is 12.3 Å². The van der Waals surface area contributed by atoms with Crippen LogP contribution in [0.1, 0.15) is 102 Å². The summed E-state index contributed by atoms with van der Waals surface area (Å²) >= 11 is 2.36. The Bertz CT molecular complexity index is 1780. The third kappa shape index (κ3) is 13.1. The molecular formula is C38H51N3O7S3. The van der Waals surface area contributed by atoms with Crippen LogP contribution >= 0.6 is 23.1 Å². The fraction of sp³-hybridized carbons (Fsp3) is 0.474. The molecule has 0 bridgehead atoms. The first-order valence-electron chi connectivity index (χ1n) is 17.3. The summed E-state index contributed by atoms with van der Waals surface area (Å²) in [6.07, 6.45) is 9.78. The minimum absolute atomic E-state index is 0.0511. The number of thiophene rings is 1. The van der Waals surface area contributed by atoms with E-state index in [-0.39, 0.29) is 32.4 Å². The van der Waals surface area contributed by atoms with Gasteiger partial charge >= 0.3 is 12.1 Å². The van der Waals surface area contributed by atoms with Crippen molar-refractivity contribution in [2.75, 3.05) is 18.2 Å². The summed E-state index contributed by atoms with van der Waals surface area (Å²) in [4.78, 5) is 37.1. The first-order valence-corrected chi connectivity index (χ1v) is 20.9. The lowest BCUT2D eigenvalue weighted by Gasteiger charge is -2.19. The van der Waals surface area contributed by atoms with Gasteiger partial charge in [0.05, 0.1) is 25.5 Å². The molecule has 1 aromatic heterocycles. The van der Waals surface area contributed by atoms with Gasteiger partial charge in [-0.3, -0.25) is 20.3 Å². The van der Waals surface area contributed by atoms with Crippen molar-refractivity contribution in [1.82, 2.24) is 5.32 Å². The quantitative estimate of drug-likeness (QED) is 0.0382. The van der Waals surface area contributed by atoms with Gasteiger partial charge in [0.25, 0.3) is 0 Å². The number of carbonyl (C=O) groups excluding carboxylic acids is 3. The number of esters is 1. The number of alkyl carbamates (subject to hydrolysis) is 1. The topological polar surface area (TPSA) is 152 Å². The number of hydrogen-bond acceptors (Lipinski definition) is 10. The highest BCUT2D eigenvalue weighted by molar-refractivity contribution is 8.01. The molecule has 3 rings (SSSR count). The molecule has 278 valence electrons. The summed E-state index contributed by atoms with van der Waals surface area (Å²) in [6, 6.07) is 13.7. The second-order valence-electron chi connectivity index (χ2n) is 13.2. The number of ether oxygens (including phenoxy) is 2. The van der Waals surface area contributed by atoms with Gasteiger partial charge in [-0.1, -0.05) is 62.8 Å². The highest BCUT2D eigenvalue weighted by atomic mass is 32.2. The van der Waals surface area contributed by atoms with Crippen molar-refractivity contribution in [2.45, 2.75) is 118 Å². The number of carbonyl (C=O) groups is 3. The van der Waals surface area contributed by atoms with Gasteiger partial charge in [-0.25, -0.2) is 13.2 Å². The smallest absolute Gasteiger partial charge is 0.413 e. The van der Waals surface area contributed by atoms with Crippen LogP contribution in [0.15, 0.2) is 62.5 Å². The number of benzene rings is 2. The third-order valence-electron chi connectivity index (χ3n) is 7.83. The van der Waals surface area contributed by atoms with Crippen molar-refractivity contribution in [3.05, 3.63) is 59.0 Å². The summed E-state index contributed by atoms with van der Waals surface area (Å²) < 4.78 is 38.7. The van der Waals surface area contributed by atoms with Crippen LogP contribution in [0.5, 0.6) is 0 Å². The molecule has 3 aromatic rings. The van der Waals surface area contributed by atoms with E-state index in [0.29, 0.717) is 34.9 Å². The minimum Gasteiger partial charge on any atom is -0.466 e. The van der Waals surface area contributed by atoms with Crippen molar-refractivity contribution >= 4 is 62.4 Å². The molecule has 0 saturated carbocycles. The van der Waals surface area contributed by atoms with Crippen molar-refractivity contribution in [3.8, 4) is 11.1 Å². The highest BCUT2D eigenvalue weighted by Crippen LogP contribution is 2.39. The normalized spacial score (nSPS) is 11.6. The van der Waals surface area contributed by atoms with Gasteiger partial charge in [0.1, 0.15) is 11.4 Å². The van der Waals surface area contributed by atoms with Gasteiger partial charge in [0.15, 0.2) is 0 Å². The second kappa shape index (κ2) is 19.8. The number of unbranched alkanes of at least 4 members (excludes halogenated alkanes) is 7. The van der Waals surface area contributed by atoms with Crippen molar-refractivity contribution < 1.29 is 32.3 Å². The number of amidine groups is 1.